The smallest absolute Gasteiger partial charge is 0.234 e. The zero-order valence-corrected chi connectivity index (χ0v) is 9.61. The molecule has 2 rings (SSSR count). The first kappa shape index (κ1) is 11.8. The molecule has 0 bridgehead atoms. The fraction of sp³-hybridized carbons (Fsp3) is 0.909. The monoisotopic (exact) mass is 227 g/mol. The van der Waals surface area contributed by atoms with Gasteiger partial charge in [-0.3, -0.25) is 9.69 Å². The quantitative estimate of drug-likeness (QED) is 0.551. The lowest BCUT2D eigenvalue weighted by molar-refractivity contribution is -0.122. The molecule has 1 aliphatic carbocycles. The van der Waals surface area contributed by atoms with Crippen LogP contribution >= 0.6 is 0 Å². The highest BCUT2D eigenvalue weighted by molar-refractivity contribution is 5.78. The molecule has 1 saturated carbocycles. The number of carbonyl (C=O) groups is 1. The maximum Gasteiger partial charge on any atom is 0.234 e. The van der Waals surface area contributed by atoms with Crippen LogP contribution in [-0.4, -0.2) is 61.3 Å². The number of hydrogen-bond acceptors (Lipinski definition) is 4. The van der Waals surface area contributed by atoms with Gasteiger partial charge in [-0.1, -0.05) is 0 Å². The van der Waals surface area contributed by atoms with Crippen LogP contribution in [-0.2, 0) is 4.79 Å². The minimum Gasteiger partial charge on any atom is -0.391 e. The minimum atomic E-state index is -0.341. The fourth-order valence-electron chi connectivity index (χ4n) is 1.99. The molecule has 0 aromatic carbocycles. The Labute approximate surface area is 96.2 Å². The largest absolute Gasteiger partial charge is 0.391 e. The van der Waals surface area contributed by atoms with E-state index in [0.717, 1.165) is 39.0 Å². The van der Waals surface area contributed by atoms with Crippen molar-refractivity contribution in [1.29, 1.82) is 0 Å². The Hall–Kier alpha value is -0.650. The lowest BCUT2D eigenvalue weighted by Gasteiger charge is -2.26. The molecule has 5 nitrogen and oxygen atoms in total. The van der Waals surface area contributed by atoms with E-state index in [1.807, 2.05) is 0 Å². The molecule has 1 heterocycles. The lowest BCUT2D eigenvalue weighted by Crippen LogP contribution is -2.48. The molecule has 0 radical (unpaired) electrons. The van der Waals surface area contributed by atoms with Gasteiger partial charge in [0.1, 0.15) is 0 Å². The maximum absolute atomic E-state index is 11.6. The summed E-state index contributed by atoms with van der Waals surface area (Å²) in [6.45, 7) is 4.64. The molecule has 0 spiro atoms. The molecular weight excluding hydrogens is 206 g/mol. The standard InChI is InChI=1S/C11H21N3O2/c15-10(9-1-2-9)7-13-11(16)8-14-5-3-12-4-6-14/h9-10,12,15H,1-8H2,(H,13,16). The Morgan fingerprint density at radius 3 is 2.75 bits per heavy atom. The van der Waals surface area contributed by atoms with Gasteiger partial charge in [0.15, 0.2) is 0 Å². The first-order valence-corrected chi connectivity index (χ1v) is 6.13. The fourth-order valence-corrected chi connectivity index (χ4v) is 1.99. The Morgan fingerprint density at radius 1 is 1.44 bits per heavy atom. The van der Waals surface area contributed by atoms with Crippen LogP contribution < -0.4 is 10.6 Å². The molecule has 16 heavy (non-hydrogen) atoms. The highest BCUT2D eigenvalue weighted by atomic mass is 16.3. The van der Waals surface area contributed by atoms with Crippen LogP contribution in [0.3, 0.4) is 0 Å². The summed E-state index contributed by atoms with van der Waals surface area (Å²) in [4.78, 5) is 13.7. The predicted molar refractivity (Wildman–Crippen MR) is 61.1 cm³/mol. The van der Waals surface area contributed by atoms with Gasteiger partial charge in [-0.2, -0.15) is 0 Å². The average molecular weight is 227 g/mol. The summed E-state index contributed by atoms with van der Waals surface area (Å²) in [6, 6.07) is 0. The molecule has 2 fully saturated rings. The van der Waals surface area contributed by atoms with Gasteiger partial charge in [-0.15, -0.1) is 0 Å². The number of aliphatic hydroxyl groups excluding tert-OH is 1. The van der Waals surface area contributed by atoms with E-state index >= 15 is 0 Å². The Balaban J connectivity index is 1.59. The highest BCUT2D eigenvalue weighted by Gasteiger charge is 2.29. The van der Waals surface area contributed by atoms with Crippen LogP contribution in [0.15, 0.2) is 0 Å². The van der Waals surface area contributed by atoms with E-state index in [0.29, 0.717) is 19.0 Å². The summed E-state index contributed by atoms with van der Waals surface area (Å²) < 4.78 is 0. The molecule has 2 aliphatic rings. The van der Waals surface area contributed by atoms with Crippen LogP contribution in [0.1, 0.15) is 12.8 Å². The number of hydrogen-bond donors (Lipinski definition) is 3. The molecule has 1 unspecified atom stereocenters. The molecule has 1 saturated heterocycles. The van der Waals surface area contributed by atoms with Gasteiger partial charge in [0, 0.05) is 32.7 Å². The molecule has 0 aromatic rings. The van der Waals surface area contributed by atoms with Crippen molar-refractivity contribution < 1.29 is 9.90 Å². The molecule has 1 atom stereocenters. The summed E-state index contributed by atoms with van der Waals surface area (Å²) >= 11 is 0. The average Bonchev–Trinajstić information content (AvgIpc) is 3.11. The summed E-state index contributed by atoms with van der Waals surface area (Å²) in [5, 5.41) is 15.7. The minimum absolute atomic E-state index is 0.0293. The summed E-state index contributed by atoms with van der Waals surface area (Å²) in [7, 11) is 0. The Bertz CT molecular complexity index is 237. The second-order valence-electron chi connectivity index (χ2n) is 4.74. The third kappa shape index (κ3) is 3.73. The molecule has 3 N–H and O–H groups in total. The van der Waals surface area contributed by atoms with Crippen molar-refractivity contribution in [3.63, 3.8) is 0 Å². The number of piperazine rings is 1. The second-order valence-corrected chi connectivity index (χ2v) is 4.74. The normalized spacial score (nSPS) is 24.1. The molecule has 0 aromatic heterocycles. The van der Waals surface area contributed by atoms with Crippen molar-refractivity contribution in [2.24, 2.45) is 5.92 Å². The van der Waals surface area contributed by atoms with Crippen molar-refractivity contribution in [3.05, 3.63) is 0 Å². The van der Waals surface area contributed by atoms with E-state index < -0.39 is 0 Å². The number of rotatable bonds is 5. The zero-order valence-electron chi connectivity index (χ0n) is 9.61. The van der Waals surface area contributed by atoms with E-state index in [2.05, 4.69) is 15.5 Å². The van der Waals surface area contributed by atoms with Crippen LogP contribution in [0.2, 0.25) is 0 Å². The predicted octanol–water partition coefficient (Wildman–Crippen LogP) is -1.22. The number of carbonyl (C=O) groups excluding carboxylic acids is 1. The van der Waals surface area contributed by atoms with E-state index in [4.69, 9.17) is 0 Å². The van der Waals surface area contributed by atoms with E-state index in [1.54, 1.807) is 0 Å². The van der Waals surface area contributed by atoms with Crippen molar-refractivity contribution in [2.75, 3.05) is 39.3 Å². The highest BCUT2D eigenvalue weighted by Crippen LogP contribution is 2.32. The van der Waals surface area contributed by atoms with Gasteiger partial charge in [-0.05, 0) is 18.8 Å². The molecule has 1 aliphatic heterocycles. The van der Waals surface area contributed by atoms with Crippen LogP contribution in [0.5, 0.6) is 0 Å². The summed E-state index contributed by atoms with van der Waals surface area (Å²) in [5.41, 5.74) is 0. The molecule has 1 amide bonds. The van der Waals surface area contributed by atoms with Crippen molar-refractivity contribution in [2.45, 2.75) is 18.9 Å². The number of aliphatic hydroxyl groups is 1. The zero-order chi connectivity index (χ0) is 11.4. The van der Waals surface area contributed by atoms with Crippen molar-refractivity contribution in [3.8, 4) is 0 Å². The number of amides is 1. The van der Waals surface area contributed by atoms with Gasteiger partial charge in [0.05, 0.1) is 12.6 Å². The first-order chi connectivity index (χ1) is 7.75. The van der Waals surface area contributed by atoms with E-state index in [1.165, 1.54) is 0 Å². The van der Waals surface area contributed by atoms with Crippen LogP contribution in [0.25, 0.3) is 0 Å². The third-order valence-electron chi connectivity index (χ3n) is 3.25. The van der Waals surface area contributed by atoms with Crippen LogP contribution in [0, 0.1) is 5.92 Å². The number of nitrogens with zero attached hydrogens (tertiary/aromatic N) is 1. The van der Waals surface area contributed by atoms with Gasteiger partial charge >= 0.3 is 0 Å². The Kier molecular flexibility index (Phi) is 4.15. The summed E-state index contributed by atoms with van der Waals surface area (Å²) in [5.74, 6) is 0.459. The van der Waals surface area contributed by atoms with Gasteiger partial charge in [0.25, 0.3) is 0 Å². The number of nitrogens with one attached hydrogen (secondary N) is 2. The molecule has 92 valence electrons. The Morgan fingerprint density at radius 2 is 2.12 bits per heavy atom. The van der Waals surface area contributed by atoms with Gasteiger partial charge in [-0.25, -0.2) is 0 Å². The van der Waals surface area contributed by atoms with Crippen molar-refractivity contribution in [1.82, 2.24) is 15.5 Å². The van der Waals surface area contributed by atoms with Gasteiger partial charge < -0.3 is 15.7 Å². The SMILES string of the molecule is O=C(CN1CCNCC1)NCC(O)C1CC1. The second kappa shape index (κ2) is 5.61. The lowest BCUT2D eigenvalue weighted by atomic mass is 10.2. The summed E-state index contributed by atoms with van der Waals surface area (Å²) in [6.07, 6.45) is 1.87. The van der Waals surface area contributed by atoms with Gasteiger partial charge in [0.2, 0.25) is 5.91 Å². The van der Waals surface area contributed by atoms with Crippen LogP contribution in [0.4, 0.5) is 0 Å². The molecule has 5 heteroatoms. The topological polar surface area (TPSA) is 64.6 Å². The maximum atomic E-state index is 11.6. The molecular formula is C11H21N3O2. The third-order valence-corrected chi connectivity index (χ3v) is 3.25. The van der Waals surface area contributed by atoms with E-state index in [9.17, 15) is 9.90 Å². The van der Waals surface area contributed by atoms with Crippen molar-refractivity contribution >= 4 is 5.91 Å². The first-order valence-electron chi connectivity index (χ1n) is 6.13. The van der Waals surface area contributed by atoms with E-state index in [-0.39, 0.29) is 12.0 Å².